The molecule has 0 saturated carbocycles. The first kappa shape index (κ1) is 22.6. The van der Waals surface area contributed by atoms with Crippen molar-refractivity contribution in [1.29, 1.82) is 0 Å². The average molecular weight is 478 g/mol. The van der Waals surface area contributed by atoms with Crippen LogP contribution >= 0.6 is 11.6 Å². The Balaban J connectivity index is 1.23. The molecule has 0 aliphatic carbocycles. The molecule has 4 rings (SSSR count). The molecule has 180 valence electrons. The van der Waals surface area contributed by atoms with Gasteiger partial charge in [-0.25, -0.2) is 4.79 Å². The van der Waals surface area contributed by atoms with Crippen molar-refractivity contribution in [3.8, 4) is 0 Å². The lowest BCUT2D eigenvalue weighted by Crippen LogP contribution is -2.49. The SMILES string of the molecule is [2H]C1CCN(CCOCC2CCN(C(=O)c3ccc(Cl)c(N4CCC(=O)NC4=O)c3)CC2)CC1. The molecule has 0 unspecified atom stereocenters. The molecule has 3 aliphatic rings. The number of likely N-dealkylation sites (tertiary alicyclic amines) is 2. The van der Waals surface area contributed by atoms with Gasteiger partial charge in [-0.3, -0.25) is 19.8 Å². The minimum atomic E-state index is -0.524. The fourth-order valence-electron chi connectivity index (χ4n) is 4.60. The number of imide groups is 1. The number of ether oxygens (including phenoxy) is 1. The number of urea groups is 1. The van der Waals surface area contributed by atoms with E-state index in [0.29, 0.717) is 48.5 Å². The number of rotatable bonds is 7. The Hall–Kier alpha value is -2.16. The number of nitrogens with one attached hydrogen (secondary N) is 1. The Morgan fingerprint density at radius 3 is 2.64 bits per heavy atom. The fourth-order valence-corrected chi connectivity index (χ4v) is 4.82. The highest BCUT2D eigenvalue weighted by atomic mass is 35.5. The molecular formula is C24H33ClN4O4. The van der Waals surface area contributed by atoms with Gasteiger partial charge in [0.2, 0.25) is 5.91 Å². The predicted octanol–water partition coefficient (Wildman–Crippen LogP) is 3.14. The van der Waals surface area contributed by atoms with Gasteiger partial charge in [-0.15, -0.1) is 0 Å². The van der Waals surface area contributed by atoms with E-state index in [1.54, 1.807) is 18.2 Å². The summed E-state index contributed by atoms with van der Waals surface area (Å²) in [5.41, 5.74) is 0.919. The normalized spacial score (nSPS) is 21.8. The highest BCUT2D eigenvalue weighted by Crippen LogP contribution is 2.29. The van der Waals surface area contributed by atoms with Crippen molar-refractivity contribution in [2.75, 3.05) is 57.4 Å². The molecule has 3 fully saturated rings. The van der Waals surface area contributed by atoms with Crippen LogP contribution in [-0.2, 0) is 9.53 Å². The Bertz CT molecular complexity index is 901. The second-order valence-electron chi connectivity index (χ2n) is 8.94. The van der Waals surface area contributed by atoms with Gasteiger partial charge in [-0.05, 0) is 62.9 Å². The number of hydrogen-bond acceptors (Lipinski definition) is 5. The smallest absolute Gasteiger partial charge is 0.328 e. The first-order valence-electron chi connectivity index (χ1n) is 12.4. The summed E-state index contributed by atoms with van der Waals surface area (Å²) >= 11 is 6.30. The number of hydrogen-bond donors (Lipinski definition) is 1. The number of carbonyl (C=O) groups excluding carboxylic acids is 3. The molecule has 3 aliphatic heterocycles. The Kier molecular flexibility index (Phi) is 7.76. The van der Waals surface area contributed by atoms with Gasteiger partial charge in [0.15, 0.2) is 0 Å². The molecular weight excluding hydrogens is 444 g/mol. The Morgan fingerprint density at radius 2 is 1.91 bits per heavy atom. The molecule has 3 saturated heterocycles. The van der Waals surface area contributed by atoms with Crippen molar-refractivity contribution >= 4 is 35.1 Å². The molecule has 0 aromatic heterocycles. The quantitative estimate of drug-likeness (QED) is 0.610. The second kappa shape index (κ2) is 11.3. The highest BCUT2D eigenvalue weighted by molar-refractivity contribution is 6.34. The molecule has 33 heavy (non-hydrogen) atoms. The molecule has 0 spiro atoms. The van der Waals surface area contributed by atoms with E-state index in [2.05, 4.69) is 10.2 Å². The number of amides is 4. The zero-order chi connectivity index (χ0) is 24.1. The van der Waals surface area contributed by atoms with Crippen LogP contribution in [0.4, 0.5) is 10.5 Å². The summed E-state index contributed by atoms with van der Waals surface area (Å²) in [6.45, 7) is 5.90. The van der Waals surface area contributed by atoms with Gasteiger partial charge in [-0.2, -0.15) is 0 Å². The van der Waals surface area contributed by atoms with Gasteiger partial charge in [0.25, 0.3) is 5.91 Å². The first-order valence-corrected chi connectivity index (χ1v) is 12.2. The lowest BCUT2D eigenvalue weighted by atomic mass is 9.97. The van der Waals surface area contributed by atoms with Crippen molar-refractivity contribution in [2.24, 2.45) is 5.92 Å². The van der Waals surface area contributed by atoms with Gasteiger partial charge in [0, 0.05) is 46.1 Å². The first-order chi connectivity index (χ1) is 16.4. The van der Waals surface area contributed by atoms with Crippen LogP contribution in [0.2, 0.25) is 5.02 Å². The highest BCUT2D eigenvalue weighted by Gasteiger charge is 2.28. The molecule has 8 nitrogen and oxygen atoms in total. The van der Waals surface area contributed by atoms with Crippen LogP contribution in [0, 0.1) is 5.92 Å². The predicted molar refractivity (Wildman–Crippen MR) is 127 cm³/mol. The minimum Gasteiger partial charge on any atom is -0.380 e. The van der Waals surface area contributed by atoms with E-state index in [-0.39, 0.29) is 31.2 Å². The van der Waals surface area contributed by atoms with E-state index in [0.717, 1.165) is 45.3 Å². The second-order valence-corrected chi connectivity index (χ2v) is 9.35. The van der Waals surface area contributed by atoms with Crippen LogP contribution in [0.1, 0.15) is 50.2 Å². The summed E-state index contributed by atoms with van der Waals surface area (Å²) in [5, 5.41) is 2.65. The Labute approximate surface area is 201 Å². The third kappa shape index (κ3) is 6.25. The van der Waals surface area contributed by atoms with Crippen LogP contribution in [0.25, 0.3) is 0 Å². The van der Waals surface area contributed by atoms with Crippen molar-refractivity contribution < 1.29 is 20.5 Å². The molecule has 0 bridgehead atoms. The lowest BCUT2D eigenvalue weighted by molar-refractivity contribution is -0.120. The summed E-state index contributed by atoms with van der Waals surface area (Å²) in [4.78, 5) is 42.4. The summed E-state index contributed by atoms with van der Waals surface area (Å²) < 4.78 is 13.7. The summed E-state index contributed by atoms with van der Waals surface area (Å²) in [7, 11) is 0. The third-order valence-electron chi connectivity index (χ3n) is 6.64. The molecule has 0 atom stereocenters. The van der Waals surface area contributed by atoms with Crippen LogP contribution < -0.4 is 10.2 Å². The van der Waals surface area contributed by atoms with E-state index >= 15 is 0 Å². The molecule has 1 aromatic rings. The number of halogens is 1. The Morgan fingerprint density at radius 1 is 1.15 bits per heavy atom. The van der Waals surface area contributed by atoms with Crippen LogP contribution in [0.3, 0.4) is 0 Å². The summed E-state index contributed by atoms with van der Waals surface area (Å²) in [6.07, 6.45) is 3.98. The zero-order valence-electron chi connectivity index (χ0n) is 19.9. The van der Waals surface area contributed by atoms with Crippen LogP contribution in [0.5, 0.6) is 0 Å². The van der Waals surface area contributed by atoms with Gasteiger partial charge in [-0.1, -0.05) is 18.0 Å². The summed E-state index contributed by atoms with van der Waals surface area (Å²) in [5.74, 6) is 0.0483. The van der Waals surface area contributed by atoms with Crippen molar-refractivity contribution in [2.45, 2.75) is 38.5 Å². The van der Waals surface area contributed by atoms with Crippen molar-refractivity contribution in [3.05, 3.63) is 28.8 Å². The van der Waals surface area contributed by atoms with E-state index in [9.17, 15) is 14.4 Å². The maximum Gasteiger partial charge on any atom is 0.328 e. The van der Waals surface area contributed by atoms with Gasteiger partial charge in [0.1, 0.15) is 0 Å². The molecule has 1 N–H and O–H groups in total. The fraction of sp³-hybridized carbons (Fsp3) is 0.625. The van der Waals surface area contributed by atoms with E-state index in [1.807, 2.05) is 4.90 Å². The molecule has 1 aromatic carbocycles. The molecule has 0 radical (unpaired) electrons. The van der Waals surface area contributed by atoms with E-state index in [1.165, 1.54) is 4.90 Å². The lowest BCUT2D eigenvalue weighted by Gasteiger charge is -2.33. The van der Waals surface area contributed by atoms with Crippen molar-refractivity contribution in [3.63, 3.8) is 0 Å². The number of benzene rings is 1. The maximum atomic E-state index is 13.1. The van der Waals surface area contributed by atoms with E-state index in [4.69, 9.17) is 17.7 Å². The zero-order valence-corrected chi connectivity index (χ0v) is 19.7. The van der Waals surface area contributed by atoms with E-state index < -0.39 is 6.03 Å². The standard InChI is InChI=1S/C24H33ClN4O4/c25-20-5-4-19(16-21(20)29-13-8-22(30)26-24(29)32)23(31)28-11-6-18(7-12-28)17-33-15-14-27-9-2-1-3-10-27/h4-5,16,18H,1-3,6-15,17H2,(H,26,30,32)/i1D. The van der Waals surface area contributed by atoms with Crippen molar-refractivity contribution in [1.82, 2.24) is 15.1 Å². The molecule has 4 amide bonds. The average Bonchev–Trinajstić information content (AvgIpc) is 2.84. The maximum absolute atomic E-state index is 13.1. The van der Waals surface area contributed by atoms with Crippen LogP contribution in [-0.4, -0.2) is 80.1 Å². The van der Waals surface area contributed by atoms with Gasteiger partial charge < -0.3 is 14.5 Å². The van der Waals surface area contributed by atoms with Crippen LogP contribution in [0.15, 0.2) is 18.2 Å². The molecule has 9 heteroatoms. The summed E-state index contributed by atoms with van der Waals surface area (Å²) in [6, 6.07) is 4.42. The molecule has 3 heterocycles. The van der Waals surface area contributed by atoms with Gasteiger partial charge in [0.05, 0.1) is 17.3 Å². The minimum absolute atomic E-state index is 0.0800. The van der Waals surface area contributed by atoms with Gasteiger partial charge >= 0.3 is 6.03 Å². The number of nitrogens with zero attached hydrogens (tertiary/aromatic N) is 3. The number of carbonyl (C=O) groups is 3. The largest absolute Gasteiger partial charge is 0.380 e. The monoisotopic (exact) mass is 477 g/mol. The third-order valence-corrected chi connectivity index (χ3v) is 6.96. The number of piperidine rings is 2. The topological polar surface area (TPSA) is 82.2 Å². The number of anilines is 1.